The Kier molecular flexibility index (Phi) is 5.71. The van der Waals surface area contributed by atoms with Gasteiger partial charge in [-0.2, -0.15) is 0 Å². The molecule has 4 nitrogen and oxygen atoms in total. The highest BCUT2D eigenvalue weighted by atomic mass is 19.1. The summed E-state index contributed by atoms with van der Waals surface area (Å²) >= 11 is 0. The van der Waals surface area contributed by atoms with Crippen molar-refractivity contribution < 1.29 is 14.0 Å². The Bertz CT molecular complexity index is 618. The lowest BCUT2D eigenvalue weighted by atomic mass is 9.80. The van der Waals surface area contributed by atoms with Crippen molar-refractivity contribution in [2.75, 3.05) is 18.4 Å². The zero-order valence-corrected chi connectivity index (χ0v) is 14.8. The van der Waals surface area contributed by atoms with Crippen molar-refractivity contribution in [3.63, 3.8) is 0 Å². The number of hydrogen-bond acceptors (Lipinski definition) is 2. The van der Waals surface area contributed by atoms with Gasteiger partial charge < -0.3 is 10.2 Å². The van der Waals surface area contributed by atoms with Gasteiger partial charge in [0.05, 0.1) is 5.69 Å². The molecule has 1 N–H and O–H groups in total. The van der Waals surface area contributed by atoms with E-state index in [1.165, 1.54) is 6.07 Å². The monoisotopic (exact) mass is 346 g/mol. The standard InChI is InChI=1S/C20H27FN2O2/c1-14-10-12-23(13-11-14)20(25)16-8-6-15(7-9-16)19(24)22-18-5-3-2-4-17(18)21/h2-5,14-16H,6-13H2,1H3,(H,22,24). The normalized spacial score (nSPS) is 24.8. The van der Waals surface area contributed by atoms with Crippen LogP contribution in [0.2, 0.25) is 0 Å². The van der Waals surface area contributed by atoms with Crippen LogP contribution in [0.3, 0.4) is 0 Å². The summed E-state index contributed by atoms with van der Waals surface area (Å²) in [5.74, 6) is 0.333. The summed E-state index contributed by atoms with van der Waals surface area (Å²) in [6.45, 7) is 3.97. The third kappa shape index (κ3) is 4.39. The number of halogens is 1. The molecule has 1 aromatic carbocycles. The number of carbonyl (C=O) groups excluding carboxylic acids is 2. The summed E-state index contributed by atoms with van der Waals surface area (Å²) in [7, 11) is 0. The molecule has 1 saturated carbocycles. The van der Waals surface area contributed by atoms with E-state index in [0.717, 1.165) is 38.8 Å². The first kappa shape index (κ1) is 17.9. The van der Waals surface area contributed by atoms with Gasteiger partial charge in [-0.05, 0) is 56.6 Å². The lowest BCUT2D eigenvalue weighted by Gasteiger charge is -2.35. The smallest absolute Gasteiger partial charge is 0.227 e. The van der Waals surface area contributed by atoms with E-state index in [1.54, 1.807) is 18.2 Å². The number of likely N-dealkylation sites (tertiary alicyclic amines) is 1. The molecule has 2 aliphatic rings. The molecule has 1 aliphatic heterocycles. The Balaban J connectivity index is 1.49. The Hall–Kier alpha value is -1.91. The van der Waals surface area contributed by atoms with Crippen LogP contribution >= 0.6 is 0 Å². The maximum absolute atomic E-state index is 13.7. The average Bonchev–Trinajstić information content (AvgIpc) is 2.64. The van der Waals surface area contributed by atoms with Gasteiger partial charge in [-0.25, -0.2) is 4.39 Å². The number of nitrogens with zero attached hydrogens (tertiary/aromatic N) is 1. The molecule has 1 aliphatic carbocycles. The second-order valence-electron chi connectivity index (χ2n) is 7.53. The first-order valence-corrected chi connectivity index (χ1v) is 9.38. The van der Waals surface area contributed by atoms with Gasteiger partial charge >= 0.3 is 0 Å². The highest BCUT2D eigenvalue weighted by Gasteiger charge is 2.33. The zero-order chi connectivity index (χ0) is 17.8. The minimum absolute atomic E-state index is 0.0471. The number of hydrogen-bond donors (Lipinski definition) is 1. The van der Waals surface area contributed by atoms with E-state index in [1.807, 2.05) is 4.90 Å². The van der Waals surface area contributed by atoms with Crippen LogP contribution in [0.15, 0.2) is 24.3 Å². The molecule has 1 saturated heterocycles. The number of anilines is 1. The molecule has 0 atom stereocenters. The van der Waals surface area contributed by atoms with Crippen molar-refractivity contribution in [3.8, 4) is 0 Å². The number of carbonyl (C=O) groups is 2. The number of nitrogens with one attached hydrogen (secondary N) is 1. The lowest BCUT2D eigenvalue weighted by Crippen LogP contribution is -2.42. The molecule has 5 heteroatoms. The van der Waals surface area contributed by atoms with Crippen LogP contribution in [0.25, 0.3) is 0 Å². The van der Waals surface area contributed by atoms with E-state index < -0.39 is 5.82 Å². The van der Waals surface area contributed by atoms with Gasteiger partial charge in [0, 0.05) is 24.9 Å². The molecule has 25 heavy (non-hydrogen) atoms. The summed E-state index contributed by atoms with van der Waals surface area (Å²) in [5.41, 5.74) is 0.230. The average molecular weight is 346 g/mol. The summed E-state index contributed by atoms with van der Waals surface area (Å²) in [6, 6.07) is 6.21. The highest BCUT2D eigenvalue weighted by molar-refractivity contribution is 5.92. The van der Waals surface area contributed by atoms with E-state index in [9.17, 15) is 14.0 Å². The fourth-order valence-electron chi connectivity index (χ4n) is 3.89. The molecular formula is C20H27FN2O2. The van der Waals surface area contributed by atoms with Crippen molar-refractivity contribution in [2.24, 2.45) is 17.8 Å². The van der Waals surface area contributed by atoms with E-state index in [0.29, 0.717) is 18.8 Å². The van der Waals surface area contributed by atoms with Crippen LogP contribution < -0.4 is 5.32 Å². The molecule has 2 amide bonds. The Morgan fingerprint density at radius 3 is 2.24 bits per heavy atom. The van der Waals surface area contributed by atoms with E-state index in [2.05, 4.69) is 12.2 Å². The van der Waals surface area contributed by atoms with Crippen molar-refractivity contribution in [1.29, 1.82) is 0 Å². The van der Waals surface area contributed by atoms with Crippen LogP contribution in [-0.4, -0.2) is 29.8 Å². The summed E-state index contributed by atoms with van der Waals surface area (Å²) < 4.78 is 13.7. The van der Waals surface area contributed by atoms with Gasteiger partial charge in [0.25, 0.3) is 0 Å². The van der Waals surface area contributed by atoms with E-state index in [4.69, 9.17) is 0 Å². The molecular weight excluding hydrogens is 319 g/mol. The number of amides is 2. The van der Waals surface area contributed by atoms with Crippen molar-refractivity contribution in [2.45, 2.75) is 45.4 Å². The van der Waals surface area contributed by atoms with Crippen molar-refractivity contribution in [3.05, 3.63) is 30.1 Å². The molecule has 1 heterocycles. The molecule has 0 unspecified atom stereocenters. The zero-order valence-electron chi connectivity index (χ0n) is 14.8. The fraction of sp³-hybridized carbons (Fsp3) is 0.600. The summed E-state index contributed by atoms with van der Waals surface area (Å²) in [6.07, 6.45) is 5.07. The third-order valence-electron chi connectivity index (χ3n) is 5.67. The summed E-state index contributed by atoms with van der Waals surface area (Å²) in [5, 5.41) is 2.68. The van der Waals surface area contributed by atoms with Crippen LogP contribution in [0.5, 0.6) is 0 Å². The highest BCUT2D eigenvalue weighted by Crippen LogP contribution is 2.32. The van der Waals surface area contributed by atoms with Crippen molar-refractivity contribution in [1.82, 2.24) is 4.90 Å². The van der Waals surface area contributed by atoms with E-state index in [-0.39, 0.29) is 29.3 Å². The second-order valence-corrected chi connectivity index (χ2v) is 7.53. The third-order valence-corrected chi connectivity index (χ3v) is 5.67. The molecule has 136 valence electrons. The van der Waals surface area contributed by atoms with Gasteiger partial charge in [-0.1, -0.05) is 19.1 Å². The first-order chi connectivity index (χ1) is 12.0. The van der Waals surface area contributed by atoms with Gasteiger partial charge in [-0.15, -0.1) is 0 Å². The van der Waals surface area contributed by atoms with Crippen LogP contribution in [0.4, 0.5) is 10.1 Å². The molecule has 3 rings (SSSR count). The van der Waals surface area contributed by atoms with Gasteiger partial charge in [0.2, 0.25) is 11.8 Å². The van der Waals surface area contributed by atoms with Crippen molar-refractivity contribution >= 4 is 17.5 Å². The molecule has 2 fully saturated rings. The molecule has 0 bridgehead atoms. The molecule has 0 aromatic heterocycles. The van der Waals surface area contributed by atoms with E-state index >= 15 is 0 Å². The largest absolute Gasteiger partial charge is 0.342 e. The van der Waals surface area contributed by atoms with Crippen LogP contribution in [0.1, 0.15) is 45.4 Å². The topological polar surface area (TPSA) is 49.4 Å². The molecule has 0 radical (unpaired) electrons. The van der Waals surface area contributed by atoms with Gasteiger partial charge in [0.15, 0.2) is 0 Å². The fourth-order valence-corrected chi connectivity index (χ4v) is 3.89. The van der Waals surface area contributed by atoms with Crippen LogP contribution in [0, 0.1) is 23.6 Å². The minimum Gasteiger partial charge on any atom is -0.342 e. The van der Waals surface area contributed by atoms with Gasteiger partial charge in [0.1, 0.15) is 5.82 Å². The minimum atomic E-state index is -0.418. The predicted molar refractivity (Wildman–Crippen MR) is 95.5 cm³/mol. The molecule has 0 spiro atoms. The SMILES string of the molecule is CC1CCN(C(=O)C2CCC(C(=O)Nc3ccccc3F)CC2)CC1. The number of rotatable bonds is 3. The van der Waals surface area contributed by atoms with Gasteiger partial charge in [-0.3, -0.25) is 9.59 Å². The Morgan fingerprint density at radius 1 is 1.00 bits per heavy atom. The maximum atomic E-state index is 13.7. The number of piperidine rings is 1. The second kappa shape index (κ2) is 7.98. The predicted octanol–water partition coefficient (Wildman–Crippen LogP) is 3.83. The molecule has 1 aromatic rings. The first-order valence-electron chi connectivity index (χ1n) is 9.38. The van der Waals surface area contributed by atoms with Crippen LogP contribution in [-0.2, 0) is 9.59 Å². The maximum Gasteiger partial charge on any atom is 0.227 e. The quantitative estimate of drug-likeness (QED) is 0.904. The number of para-hydroxylation sites is 1. The lowest BCUT2D eigenvalue weighted by molar-refractivity contribution is -0.139. The Morgan fingerprint density at radius 2 is 1.60 bits per heavy atom. The number of benzene rings is 1. The Labute approximate surface area is 148 Å². The summed E-state index contributed by atoms with van der Waals surface area (Å²) in [4.78, 5) is 27.0.